The average Bonchev–Trinajstić information content (AvgIpc) is 1.98. The van der Waals surface area contributed by atoms with E-state index in [0.717, 1.165) is 4.83 Å². The molecule has 0 radical (unpaired) electrons. The molecule has 0 rings (SSSR count). The van der Waals surface area contributed by atoms with Crippen molar-refractivity contribution in [3.63, 3.8) is 0 Å². The summed E-state index contributed by atoms with van der Waals surface area (Å²) in [6.45, 7) is 0. The maximum Gasteiger partial charge on any atom is 0.249 e. The summed E-state index contributed by atoms with van der Waals surface area (Å²) in [5, 5.41) is 0. The van der Waals surface area contributed by atoms with Crippen LogP contribution < -0.4 is 0 Å². The Morgan fingerprint density at radius 2 is 2.40 bits per heavy atom. The highest BCUT2D eigenvalue weighted by molar-refractivity contribution is 7.14. The van der Waals surface area contributed by atoms with Gasteiger partial charge in [-0.25, -0.2) is 4.83 Å². The summed E-state index contributed by atoms with van der Waals surface area (Å²) in [5.41, 5.74) is 0. The highest BCUT2D eigenvalue weighted by Gasteiger charge is 2.05. The van der Waals surface area contributed by atoms with Crippen molar-refractivity contribution in [1.82, 2.24) is 4.83 Å². The molecule has 1 atom stereocenters. The van der Waals surface area contributed by atoms with Crippen molar-refractivity contribution in [3.8, 4) is 0 Å². The van der Waals surface area contributed by atoms with E-state index in [1.54, 1.807) is 0 Å². The summed E-state index contributed by atoms with van der Waals surface area (Å²) >= 11 is 0. The predicted octanol–water partition coefficient (Wildman–Crippen LogP) is 0.146. The summed E-state index contributed by atoms with van der Waals surface area (Å²) in [5.74, 6) is -0.223. The lowest BCUT2D eigenvalue weighted by Crippen LogP contribution is -2.18. The summed E-state index contributed by atoms with van der Waals surface area (Å²) < 4.78 is 0. The Morgan fingerprint density at radius 1 is 1.80 bits per heavy atom. The summed E-state index contributed by atoms with van der Waals surface area (Å²) in [7, 11) is 3.47. The summed E-state index contributed by atoms with van der Waals surface area (Å²) in [6.07, 6.45) is 1.14. The van der Waals surface area contributed by atoms with E-state index < -0.39 is 0 Å². The summed E-state index contributed by atoms with van der Waals surface area (Å²) in [4.78, 5) is 26.1. The van der Waals surface area contributed by atoms with E-state index in [-0.39, 0.29) is 18.7 Å². The van der Waals surface area contributed by atoms with E-state index >= 15 is 0 Å². The van der Waals surface area contributed by atoms with Crippen molar-refractivity contribution < 1.29 is 14.4 Å². The van der Waals surface area contributed by atoms with Crippen molar-refractivity contribution >= 4 is 21.6 Å². The SMILES string of the molecule is CON(P)C(=O)CCC=O. The number of amides is 1. The van der Waals surface area contributed by atoms with Crippen LogP contribution in [0.4, 0.5) is 0 Å². The molecule has 4 nitrogen and oxygen atoms in total. The quantitative estimate of drug-likeness (QED) is 0.336. The van der Waals surface area contributed by atoms with Gasteiger partial charge in [-0.15, -0.1) is 0 Å². The number of rotatable bonds is 4. The second kappa shape index (κ2) is 5.33. The van der Waals surface area contributed by atoms with Crippen LogP contribution in [0, 0.1) is 0 Å². The van der Waals surface area contributed by atoms with Gasteiger partial charge in [0.2, 0.25) is 5.91 Å². The van der Waals surface area contributed by atoms with Gasteiger partial charge in [0.1, 0.15) is 6.29 Å². The van der Waals surface area contributed by atoms with Gasteiger partial charge in [-0.1, -0.05) is 0 Å². The normalized spacial score (nSPS) is 9.00. The fourth-order valence-corrected chi connectivity index (χ4v) is 0.524. The first kappa shape index (κ1) is 9.53. The number of aldehydes is 1. The van der Waals surface area contributed by atoms with E-state index in [9.17, 15) is 9.59 Å². The van der Waals surface area contributed by atoms with Crippen LogP contribution in [0.1, 0.15) is 12.8 Å². The largest absolute Gasteiger partial charge is 0.303 e. The fourth-order valence-electron chi connectivity index (χ4n) is 0.394. The lowest BCUT2D eigenvalue weighted by atomic mass is 10.3. The van der Waals surface area contributed by atoms with Gasteiger partial charge in [0, 0.05) is 12.8 Å². The molecule has 0 saturated carbocycles. The first-order chi connectivity index (χ1) is 4.72. The topological polar surface area (TPSA) is 46.6 Å². The van der Waals surface area contributed by atoms with E-state index in [4.69, 9.17) is 0 Å². The van der Waals surface area contributed by atoms with Crippen LogP contribution in [0.25, 0.3) is 0 Å². The monoisotopic (exact) mass is 163 g/mol. The molecule has 0 bridgehead atoms. The molecule has 0 heterocycles. The molecule has 0 aliphatic rings. The maximum absolute atomic E-state index is 10.8. The van der Waals surface area contributed by atoms with E-state index in [1.165, 1.54) is 7.11 Å². The molecule has 0 saturated heterocycles. The van der Waals surface area contributed by atoms with Crippen molar-refractivity contribution in [2.24, 2.45) is 0 Å². The van der Waals surface area contributed by atoms with Gasteiger partial charge < -0.3 is 4.79 Å². The molecule has 0 N–H and O–H groups in total. The molecule has 0 fully saturated rings. The number of nitrogens with zero attached hydrogens (tertiary/aromatic N) is 1. The van der Waals surface area contributed by atoms with Crippen LogP contribution in [-0.4, -0.2) is 24.1 Å². The molecule has 0 aliphatic heterocycles. The molecule has 0 aromatic heterocycles. The summed E-state index contributed by atoms with van der Waals surface area (Å²) in [6, 6.07) is 0. The van der Waals surface area contributed by atoms with Gasteiger partial charge in [0.15, 0.2) is 0 Å². The fraction of sp³-hybridized carbons (Fsp3) is 0.600. The lowest BCUT2D eigenvalue weighted by molar-refractivity contribution is -0.150. The van der Waals surface area contributed by atoms with Crippen molar-refractivity contribution in [3.05, 3.63) is 0 Å². The Balaban J connectivity index is 3.51. The van der Waals surface area contributed by atoms with Crippen molar-refractivity contribution in [1.29, 1.82) is 0 Å². The number of hydrogen-bond donors (Lipinski definition) is 0. The third kappa shape index (κ3) is 3.54. The van der Waals surface area contributed by atoms with Crippen LogP contribution in [0.5, 0.6) is 0 Å². The highest BCUT2D eigenvalue weighted by atomic mass is 31.0. The van der Waals surface area contributed by atoms with Gasteiger partial charge in [-0.2, -0.15) is 0 Å². The predicted molar refractivity (Wildman–Crippen MR) is 38.9 cm³/mol. The smallest absolute Gasteiger partial charge is 0.249 e. The molecule has 0 aromatic rings. The standard InChI is InChI=1S/C5H10NO3P/c1-9-6(10)5(8)3-2-4-7/h4H,2-3,10H2,1H3. The van der Waals surface area contributed by atoms with Crippen molar-refractivity contribution in [2.45, 2.75) is 12.8 Å². The van der Waals surface area contributed by atoms with Gasteiger partial charge in [0.05, 0.1) is 7.11 Å². The Labute approximate surface area is 61.7 Å². The van der Waals surface area contributed by atoms with Gasteiger partial charge in [-0.3, -0.25) is 9.63 Å². The molecule has 0 aliphatic carbocycles. The second-order valence-electron chi connectivity index (χ2n) is 1.61. The Morgan fingerprint density at radius 3 is 2.80 bits per heavy atom. The van der Waals surface area contributed by atoms with Crippen LogP contribution >= 0.6 is 9.39 Å². The van der Waals surface area contributed by atoms with Crippen LogP contribution in [0.3, 0.4) is 0 Å². The molecule has 0 spiro atoms. The van der Waals surface area contributed by atoms with Crippen molar-refractivity contribution in [2.75, 3.05) is 7.11 Å². The van der Waals surface area contributed by atoms with E-state index in [0.29, 0.717) is 6.29 Å². The Bertz CT molecular complexity index is 128. The molecule has 10 heavy (non-hydrogen) atoms. The first-order valence-electron chi connectivity index (χ1n) is 2.77. The molecule has 1 unspecified atom stereocenters. The van der Waals surface area contributed by atoms with Crippen LogP contribution in [0.2, 0.25) is 0 Å². The molecule has 1 amide bonds. The average molecular weight is 163 g/mol. The Kier molecular flexibility index (Phi) is 5.08. The van der Waals surface area contributed by atoms with Gasteiger partial charge in [0.25, 0.3) is 0 Å². The minimum atomic E-state index is -0.223. The molecule has 58 valence electrons. The van der Waals surface area contributed by atoms with E-state index in [1.807, 2.05) is 0 Å². The molecule has 0 aromatic carbocycles. The molecular formula is C5H10NO3P. The maximum atomic E-state index is 10.8. The second-order valence-corrected chi connectivity index (χ2v) is 2.08. The first-order valence-corrected chi connectivity index (χ1v) is 3.29. The number of carbonyl (C=O) groups excluding carboxylic acids is 2. The molecule has 5 heteroatoms. The van der Waals surface area contributed by atoms with Crippen LogP contribution in [0.15, 0.2) is 0 Å². The number of hydrogen-bond acceptors (Lipinski definition) is 3. The van der Waals surface area contributed by atoms with Crippen LogP contribution in [-0.2, 0) is 14.4 Å². The zero-order valence-corrected chi connectivity index (χ0v) is 6.90. The van der Waals surface area contributed by atoms with Gasteiger partial charge >= 0.3 is 0 Å². The Hall–Kier alpha value is -0.470. The number of carbonyl (C=O) groups is 2. The van der Waals surface area contributed by atoms with Gasteiger partial charge in [-0.05, 0) is 9.39 Å². The minimum absolute atomic E-state index is 0.195. The zero-order valence-electron chi connectivity index (χ0n) is 5.74. The third-order valence-corrected chi connectivity index (χ3v) is 1.42. The molecular weight excluding hydrogens is 153 g/mol. The lowest BCUT2D eigenvalue weighted by Gasteiger charge is -2.11. The highest BCUT2D eigenvalue weighted by Crippen LogP contribution is 2.02. The zero-order chi connectivity index (χ0) is 7.98. The third-order valence-electron chi connectivity index (χ3n) is 0.919. The minimum Gasteiger partial charge on any atom is -0.303 e. The van der Waals surface area contributed by atoms with E-state index in [2.05, 4.69) is 14.2 Å². The number of hydroxylamine groups is 1.